The van der Waals surface area contributed by atoms with Crippen LogP contribution in [0.5, 0.6) is 0 Å². The zero-order chi connectivity index (χ0) is 51.5. The van der Waals surface area contributed by atoms with E-state index in [0.29, 0.717) is 37.9 Å². The second kappa shape index (κ2) is 31.5. The molecule has 1 aromatic carbocycles. The van der Waals surface area contributed by atoms with Crippen molar-refractivity contribution in [3.63, 3.8) is 0 Å². The highest BCUT2D eigenvalue weighted by Crippen LogP contribution is 2.13. The molecule has 2 rings (SSSR count). The van der Waals surface area contributed by atoms with Gasteiger partial charge in [0, 0.05) is 19.5 Å². The molecule has 24 nitrogen and oxygen atoms in total. The van der Waals surface area contributed by atoms with E-state index in [1.165, 1.54) is 0 Å². The SMILES string of the molecule is CC(C)C[C@H](NC(=O)[C@H](CCCN=C(N)N)NC(=O)[C@H](CCCN=C(N)N)NC(=O)[C@H](CCCCN)NC(=O)[C@@H](NC(=O)[C@@H]1CCCN1)C(C)C)C(=O)N[C@@H](Cc1ccccc1)C(=O)NCC(=O)O. The lowest BCUT2D eigenvalue weighted by atomic mass is 10.00. The number of nitrogens with two attached hydrogens (primary N) is 5. The Bertz CT molecular complexity index is 1890. The van der Waals surface area contributed by atoms with E-state index < -0.39 is 90.3 Å². The molecule has 7 amide bonds. The number of carboxylic acids is 1. The quantitative estimate of drug-likeness (QED) is 0.0195. The second-order valence-electron chi connectivity index (χ2n) is 17.8. The summed E-state index contributed by atoms with van der Waals surface area (Å²) in [6.45, 7) is 7.62. The van der Waals surface area contributed by atoms with Gasteiger partial charge >= 0.3 is 5.97 Å². The maximum Gasteiger partial charge on any atom is 0.322 e. The Labute approximate surface area is 404 Å². The molecule has 0 saturated carbocycles. The summed E-state index contributed by atoms with van der Waals surface area (Å²) in [4.78, 5) is 116. The first-order valence-electron chi connectivity index (χ1n) is 23.6. The van der Waals surface area contributed by atoms with Crippen LogP contribution in [0.15, 0.2) is 40.3 Å². The molecule has 0 aromatic heterocycles. The summed E-state index contributed by atoms with van der Waals surface area (Å²) >= 11 is 0. The third-order valence-corrected chi connectivity index (χ3v) is 11.0. The van der Waals surface area contributed by atoms with Gasteiger partial charge < -0.3 is 76.3 Å². The number of rotatable bonds is 32. The smallest absolute Gasteiger partial charge is 0.322 e. The number of carboxylic acid groups (broad SMARTS) is 1. The maximum atomic E-state index is 14.3. The van der Waals surface area contributed by atoms with Crippen molar-refractivity contribution in [3.8, 4) is 0 Å². The van der Waals surface area contributed by atoms with Crippen LogP contribution in [0.25, 0.3) is 0 Å². The van der Waals surface area contributed by atoms with E-state index in [1.807, 2.05) is 13.8 Å². The number of hydrogen-bond donors (Lipinski definition) is 14. The van der Waals surface area contributed by atoms with Crippen molar-refractivity contribution in [1.82, 2.24) is 42.5 Å². The highest BCUT2D eigenvalue weighted by Gasteiger charge is 2.35. The summed E-state index contributed by atoms with van der Waals surface area (Å²) in [7, 11) is 0. The number of guanidine groups is 2. The van der Waals surface area contributed by atoms with E-state index in [1.54, 1.807) is 44.2 Å². The second-order valence-corrected chi connectivity index (χ2v) is 17.8. The molecule has 19 N–H and O–H groups in total. The van der Waals surface area contributed by atoms with Crippen LogP contribution in [-0.2, 0) is 44.8 Å². The van der Waals surface area contributed by atoms with E-state index in [9.17, 15) is 43.5 Å². The van der Waals surface area contributed by atoms with Crippen LogP contribution >= 0.6 is 0 Å². The van der Waals surface area contributed by atoms with Crippen LogP contribution in [0.4, 0.5) is 0 Å². The summed E-state index contributed by atoms with van der Waals surface area (Å²) < 4.78 is 0. The first-order chi connectivity index (χ1) is 32.7. The molecule has 0 aliphatic carbocycles. The topological polar surface area (TPSA) is 408 Å². The molecule has 1 fully saturated rings. The van der Waals surface area contributed by atoms with Gasteiger partial charge in [0.1, 0.15) is 42.8 Å². The Balaban J connectivity index is 2.45. The van der Waals surface area contributed by atoms with Gasteiger partial charge in [-0.25, -0.2) is 0 Å². The molecular weight excluding hydrogens is 895 g/mol. The normalized spacial score (nSPS) is 15.8. The Hall–Kier alpha value is -6.56. The third-order valence-electron chi connectivity index (χ3n) is 11.0. The van der Waals surface area contributed by atoms with E-state index in [2.05, 4.69) is 52.5 Å². The summed E-state index contributed by atoms with van der Waals surface area (Å²) in [5.74, 6) is -6.90. The number of unbranched alkanes of at least 4 members (excludes halogenated alkanes) is 1. The minimum Gasteiger partial charge on any atom is -0.480 e. The largest absolute Gasteiger partial charge is 0.480 e. The predicted octanol–water partition coefficient (Wildman–Crippen LogP) is -2.97. The van der Waals surface area contributed by atoms with Crippen molar-refractivity contribution in [1.29, 1.82) is 0 Å². The van der Waals surface area contributed by atoms with Gasteiger partial charge in [0.25, 0.3) is 0 Å². The molecule has 7 atom stereocenters. The van der Waals surface area contributed by atoms with Crippen LogP contribution < -0.4 is 71.2 Å². The van der Waals surface area contributed by atoms with Crippen LogP contribution in [0.1, 0.15) is 97.5 Å². The number of nitrogens with zero attached hydrogens (tertiary/aromatic N) is 2. The van der Waals surface area contributed by atoms with E-state index >= 15 is 0 Å². The van der Waals surface area contributed by atoms with Gasteiger partial charge in [0.05, 0.1) is 6.04 Å². The van der Waals surface area contributed by atoms with Gasteiger partial charge in [0.2, 0.25) is 41.4 Å². The Morgan fingerprint density at radius 2 is 1.14 bits per heavy atom. The Morgan fingerprint density at radius 3 is 1.61 bits per heavy atom. The number of aliphatic imine (C=N–C) groups is 2. The van der Waals surface area contributed by atoms with E-state index in [4.69, 9.17) is 28.7 Å². The number of benzene rings is 1. The first kappa shape index (κ1) is 58.6. The molecule has 1 aromatic rings. The fraction of sp³-hybridized carbons (Fsp3) is 0.644. The summed E-state index contributed by atoms with van der Waals surface area (Å²) in [6, 6.07) is 1.06. The minimum atomic E-state index is -1.32. The van der Waals surface area contributed by atoms with Crippen LogP contribution in [0.3, 0.4) is 0 Å². The van der Waals surface area contributed by atoms with Gasteiger partial charge in [-0.3, -0.25) is 48.3 Å². The Kier molecular flexibility index (Phi) is 26.7. The highest BCUT2D eigenvalue weighted by molar-refractivity contribution is 5.97. The predicted molar refractivity (Wildman–Crippen MR) is 260 cm³/mol. The number of carbonyl (C=O) groups is 8. The van der Waals surface area contributed by atoms with Gasteiger partial charge in [-0.2, -0.15) is 0 Å². The van der Waals surface area contributed by atoms with Crippen molar-refractivity contribution >= 4 is 59.2 Å². The number of hydrogen-bond acceptors (Lipinski definition) is 12. The van der Waals surface area contributed by atoms with Crippen molar-refractivity contribution in [2.45, 2.75) is 141 Å². The highest BCUT2D eigenvalue weighted by atomic mass is 16.4. The lowest BCUT2D eigenvalue weighted by molar-refractivity contribution is -0.138. The molecule has 24 heteroatoms. The zero-order valence-electron chi connectivity index (χ0n) is 40.4. The molecule has 386 valence electrons. The Morgan fingerprint density at radius 1 is 0.652 bits per heavy atom. The number of aliphatic carboxylic acids is 1. The van der Waals surface area contributed by atoms with Gasteiger partial charge in [-0.05, 0) is 94.7 Å². The minimum absolute atomic E-state index is 0.00467. The van der Waals surface area contributed by atoms with Gasteiger partial charge in [-0.1, -0.05) is 58.0 Å². The van der Waals surface area contributed by atoms with Crippen LogP contribution in [0, 0.1) is 11.8 Å². The fourth-order valence-corrected chi connectivity index (χ4v) is 7.40. The monoisotopic (exact) mass is 972 g/mol. The molecule has 0 spiro atoms. The molecule has 1 aliphatic rings. The first-order valence-corrected chi connectivity index (χ1v) is 23.6. The standard InChI is InChI=1S/C45H77N15O9/c1-26(2)23-33(42(68)59-34(37(63)54-25-35(61)62)24-28-13-6-5-7-14-28)58-41(67)32(18-12-22-53-45(49)50)56-40(66)31(17-11-21-52-44(47)48)55-39(65)30(15-8-9-19-46)57-43(69)36(27(3)4)60-38(64)29-16-10-20-51-29/h5-7,13-14,26-27,29-34,36,51H,8-12,15-25,46H2,1-4H3,(H,54,63)(H,55,65)(H,56,66)(H,57,69)(H,58,67)(H,59,68)(H,60,64)(H,61,62)(H4,47,48,52)(H4,49,50,53)/t29-,30-,31-,32-,33-,34-,36-/m0/s1. The van der Waals surface area contributed by atoms with E-state index in [-0.39, 0.29) is 87.7 Å². The van der Waals surface area contributed by atoms with Crippen molar-refractivity contribution in [3.05, 3.63) is 35.9 Å². The molecule has 1 aliphatic heterocycles. The average Bonchev–Trinajstić information content (AvgIpc) is 3.84. The maximum absolute atomic E-state index is 14.3. The van der Waals surface area contributed by atoms with Crippen molar-refractivity contribution < 1.29 is 43.5 Å². The summed E-state index contributed by atoms with van der Waals surface area (Å²) in [5.41, 5.74) is 28.6. The lowest BCUT2D eigenvalue weighted by Crippen LogP contribution is -2.60. The van der Waals surface area contributed by atoms with E-state index in [0.717, 1.165) is 6.42 Å². The number of carbonyl (C=O) groups excluding carboxylic acids is 7. The van der Waals surface area contributed by atoms with Crippen LogP contribution in [0.2, 0.25) is 0 Å². The zero-order valence-corrected chi connectivity index (χ0v) is 40.4. The number of nitrogens with one attached hydrogen (secondary N) is 8. The molecule has 0 bridgehead atoms. The molecular formula is C45H77N15O9. The lowest BCUT2D eigenvalue weighted by Gasteiger charge is -2.29. The third kappa shape index (κ3) is 23.3. The van der Waals surface area contributed by atoms with Crippen molar-refractivity contribution in [2.75, 3.05) is 32.7 Å². The molecule has 69 heavy (non-hydrogen) atoms. The molecule has 0 radical (unpaired) electrons. The van der Waals surface area contributed by atoms with Gasteiger partial charge in [0.15, 0.2) is 11.9 Å². The summed E-state index contributed by atoms with van der Waals surface area (Å²) in [5, 5.41) is 31.0. The molecule has 0 unspecified atom stereocenters. The molecule has 1 heterocycles. The fourth-order valence-electron chi connectivity index (χ4n) is 7.40. The number of amides is 7. The molecule has 1 saturated heterocycles. The summed E-state index contributed by atoms with van der Waals surface area (Å²) in [6.07, 6.45) is 2.95. The van der Waals surface area contributed by atoms with Crippen molar-refractivity contribution in [2.24, 2.45) is 50.5 Å². The van der Waals surface area contributed by atoms with Crippen LogP contribution in [-0.4, -0.2) is 139 Å². The average molecular weight is 972 g/mol. The van der Waals surface area contributed by atoms with Gasteiger partial charge in [-0.15, -0.1) is 0 Å².